The van der Waals surface area contributed by atoms with Crippen LogP contribution in [0.2, 0.25) is 0 Å². The summed E-state index contributed by atoms with van der Waals surface area (Å²) in [6.45, 7) is 0. The topological polar surface area (TPSA) is 60.2 Å². The summed E-state index contributed by atoms with van der Waals surface area (Å²) < 4.78 is 34.4. The fraction of sp³-hybridized carbons (Fsp3) is 0.400. The summed E-state index contributed by atoms with van der Waals surface area (Å²) in [5, 5.41) is 5.15. The Morgan fingerprint density at radius 2 is 1.80 bits per heavy atom. The van der Waals surface area contributed by atoms with Gasteiger partial charge in [-0.2, -0.15) is 0 Å². The molecule has 0 spiro atoms. The summed E-state index contributed by atoms with van der Waals surface area (Å²) >= 11 is 0. The van der Waals surface area contributed by atoms with Crippen molar-refractivity contribution in [2.45, 2.75) is 24.0 Å². The quantitative estimate of drug-likeness (QED) is 0.846. The van der Waals surface area contributed by atoms with Crippen molar-refractivity contribution in [3.05, 3.63) is 35.6 Å². The SMILES string of the molecule is NS(=O)(=O)C1(Cc2ccc(F)cc2)CC1. The van der Waals surface area contributed by atoms with Crippen LogP contribution < -0.4 is 5.14 Å². The first-order chi connectivity index (χ1) is 6.93. The zero-order valence-electron chi connectivity index (χ0n) is 8.11. The fourth-order valence-electron chi connectivity index (χ4n) is 1.68. The van der Waals surface area contributed by atoms with Gasteiger partial charge in [-0.1, -0.05) is 12.1 Å². The Bertz CT molecular complexity index is 463. The number of rotatable bonds is 3. The lowest BCUT2D eigenvalue weighted by Gasteiger charge is -2.12. The molecule has 82 valence electrons. The van der Waals surface area contributed by atoms with E-state index in [0.29, 0.717) is 19.3 Å². The lowest BCUT2D eigenvalue weighted by molar-refractivity contribution is 0.576. The van der Waals surface area contributed by atoms with Crippen LogP contribution in [0.15, 0.2) is 24.3 Å². The molecule has 0 atom stereocenters. The first kappa shape index (κ1) is 10.6. The van der Waals surface area contributed by atoms with Gasteiger partial charge in [0.05, 0.1) is 4.75 Å². The molecule has 1 saturated carbocycles. The Morgan fingerprint density at radius 3 is 2.20 bits per heavy atom. The molecule has 0 aromatic heterocycles. The minimum atomic E-state index is -3.49. The second-order valence-electron chi connectivity index (χ2n) is 4.03. The zero-order chi connectivity index (χ0) is 11.1. The van der Waals surface area contributed by atoms with E-state index in [1.165, 1.54) is 12.1 Å². The van der Waals surface area contributed by atoms with Crippen molar-refractivity contribution in [2.75, 3.05) is 0 Å². The van der Waals surface area contributed by atoms with E-state index in [0.717, 1.165) is 5.56 Å². The molecule has 0 amide bonds. The summed E-state index contributed by atoms with van der Waals surface area (Å²) in [5.41, 5.74) is 0.808. The van der Waals surface area contributed by atoms with Crippen LogP contribution >= 0.6 is 0 Å². The van der Waals surface area contributed by atoms with Crippen LogP contribution in [0.3, 0.4) is 0 Å². The Morgan fingerprint density at radius 1 is 1.27 bits per heavy atom. The van der Waals surface area contributed by atoms with E-state index < -0.39 is 14.8 Å². The monoisotopic (exact) mass is 229 g/mol. The highest BCUT2D eigenvalue weighted by Gasteiger charge is 2.52. The minimum absolute atomic E-state index is 0.320. The molecule has 1 aromatic rings. The summed E-state index contributed by atoms with van der Waals surface area (Å²) in [6, 6.07) is 5.85. The van der Waals surface area contributed by atoms with Gasteiger partial charge in [-0.25, -0.2) is 17.9 Å². The standard InChI is InChI=1S/C10H12FNO2S/c11-9-3-1-8(2-4-9)7-10(5-6-10)15(12,13)14/h1-4H,5-7H2,(H2,12,13,14). The van der Waals surface area contributed by atoms with Gasteiger partial charge in [0.1, 0.15) is 5.82 Å². The third-order valence-electron chi connectivity index (χ3n) is 2.85. The van der Waals surface area contributed by atoms with Crippen LogP contribution in [0.5, 0.6) is 0 Å². The maximum Gasteiger partial charge on any atom is 0.215 e. The molecule has 15 heavy (non-hydrogen) atoms. The Balaban J connectivity index is 2.20. The number of hydrogen-bond acceptors (Lipinski definition) is 2. The van der Waals surface area contributed by atoms with Crippen molar-refractivity contribution in [1.29, 1.82) is 0 Å². The molecule has 0 aliphatic heterocycles. The molecule has 1 fully saturated rings. The molecule has 0 bridgehead atoms. The van der Waals surface area contributed by atoms with Crippen LogP contribution in [0.25, 0.3) is 0 Å². The van der Waals surface area contributed by atoms with Gasteiger partial charge in [0.15, 0.2) is 0 Å². The van der Waals surface area contributed by atoms with Gasteiger partial charge in [0, 0.05) is 0 Å². The van der Waals surface area contributed by atoms with E-state index in [4.69, 9.17) is 5.14 Å². The third kappa shape index (κ3) is 2.03. The third-order valence-corrected chi connectivity index (χ3v) is 4.61. The van der Waals surface area contributed by atoms with E-state index in [1.54, 1.807) is 12.1 Å². The number of hydrogen-bond donors (Lipinski definition) is 1. The van der Waals surface area contributed by atoms with Gasteiger partial charge < -0.3 is 0 Å². The van der Waals surface area contributed by atoms with Crippen LogP contribution in [0, 0.1) is 5.82 Å². The molecular formula is C10H12FNO2S. The largest absolute Gasteiger partial charge is 0.228 e. The van der Waals surface area contributed by atoms with Crippen molar-refractivity contribution in [1.82, 2.24) is 0 Å². The van der Waals surface area contributed by atoms with Crippen LogP contribution in [-0.2, 0) is 16.4 Å². The highest BCUT2D eigenvalue weighted by molar-refractivity contribution is 7.90. The maximum absolute atomic E-state index is 12.6. The summed E-state index contributed by atoms with van der Waals surface area (Å²) in [5.74, 6) is -0.320. The molecule has 5 heteroatoms. The second-order valence-corrected chi connectivity index (χ2v) is 5.99. The molecule has 0 radical (unpaired) electrons. The van der Waals surface area contributed by atoms with Crippen LogP contribution in [-0.4, -0.2) is 13.2 Å². The summed E-state index contributed by atoms with van der Waals surface area (Å²) in [4.78, 5) is 0. The van der Waals surface area contributed by atoms with Gasteiger partial charge >= 0.3 is 0 Å². The normalized spacial score (nSPS) is 18.8. The van der Waals surface area contributed by atoms with Crippen LogP contribution in [0.4, 0.5) is 4.39 Å². The van der Waals surface area contributed by atoms with E-state index in [9.17, 15) is 12.8 Å². The van der Waals surface area contributed by atoms with Gasteiger partial charge in [-0.3, -0.25) is 0 Å². The molecule has 3 nitrogen and oxygen atoms in total. The smallest absolute Gasteiger partial charge is 0.215 e. The number of primary sulfonamides is 1. The molecule has 1 aliphatic carbocycles. The number of sulfonamides is 1. The Kier molecular flexibility index (Phi) is 2.31. The van der Waals surface area contributed by atoms with Crippen molar-refractivity contribution in [2.24, 2.45) is 5.14 Å². The van der Waals surface area contributed by atoms with Gasteiger partial charge in [0.2, 0.25) is 10.0 Å². The van der Waals surface area contributed by atoms with Crippen molar-refractivity contribution in [3.63, 3.8) is 0 Å². The molecule has 0 unspecified atom stereocenters. The van der Waals surface area contributed by atoms with Crippen molar-refractivity contribution in [3.8, 4) is 0 Å². The van der Waals surface area contributed by atoms with Crippen molar-refractivity contribution < 1.29 is 12.8 Å². The molecular weight excluding hydrogens is 217 g/mol. The second kappa shape index (κ2) is 3.28. The zero-order valence-corrected chi connectivity index (χ0v) is 8.93. The highest BCUT2D eigenvalue weighted by Crippen LogP contribution is 2.44. The lowest BCUT2D eigenvalue weighted by Crippen LogP contribution is -2.32. The highest BCUT2D eigenvalue weighted by atomic mass is 32.2. The summed E-state index contributed by atoms with van der Waals surface area (Å²) in [7, 11) is -3.49. The lowest BCUT2D eigenvalue weighted by atomic mass is 10.1. The van der Waals surface area contributed by atoms with E-state index in [1.807, 2.05) is 0 Å². The van der Waals surface area contributed by atoms with Gasteiger partial charge in [-0.15, -0.1) is 0 Å². The molecule has 2 rings (SSSR count). The minimum Gasteiger partial charge on any atom is -0.228 e. The van der Waals surface area contributed by atoms with Crippen LogP contribution in [0.1, 0.15) is 18.4 Å². The average molecular weight is 229 g/mol. The summed E-state index contributed by atoms with van der Waals surface area (Å²) in [6.07, 6.45) is 1.58. The number of nitrogens with two attached hydrogens (primary N) is 1. The van der Waals surface area contributed by atoms with Crippen molar-refractivity contribution >= 4 is 10.0 Å². The van der Waals surface area contributed by atoms with Gasteiger partial charge in [-0.05, 0) is 37.0 Å². The molecule has 0 saturated heterocycles. The predicted molar refractivity (Wildman–Crippen MR) is 55.2 cm³/mol. The van der Waals surface area contributed by atoms with E-state index >= 15 is 0 Å². The van der Waals surface area contributed by atoms with E-state index in [-0.39, 0.29) is 5.82 Å². The Hall–Kier alpha value is -0.940. The maximum atomic E-state index is 12.6. The molecule has 1 aromatic carbocycles. The van der Waals surface area contributed by atoms with Gasteiger partial charge in [0.25, 0.3) is 0 Å². The number of halogens is 1. The average Bonchev–Trinajstić information content (AvgIpc) is 2.89. The number of benzene rings is 1. The first-order valence-electron chi connectivity index (χ1n) is 4.70. The first-order valence-corrected chi connectivity index (χ1v) is 6.24. The fourth-order valence-corrected chi connectivity index (χ4v) is 2.71. The Labute approximate surface area is 88.2 Å². The molecule has 1 aliphatic rings. The molecule has 2 N–H and O–H groups in total. The predicted octanol–water partition coefficient (Wildman–Crippen LogP) is 1.19. The molecule has 0 heterocycles. The van der Waals surface area contributed by atoms with E-state index in [2.05, 4.69) is 0 Å².